The van der Waals surface area contributed by atoms with Crippen molar-refractivity contribution >= 4 is 35.2 Å². The third-order valence-electron chi connectivity index (χ3n) is 8.62. The molecule has 0 atom stereocenters. The Balaban J connectivity index is 0.000000201. The zero-order chi connectivity index (χ0) is 37.1. The van der Waals surface area contributed by atoms with Crippen LogP contribution >= 0.6 is 23.2 Å². The van der Waals surface area contributed by atoms with Crippen molar-refractivity contribution in [3.05, 3.63) is 81.4 Å². The standard InChI is InChI=1S/2C17H20ClF3N4O/c2*18-14-4-2-13(3-5-14)12-15-22-16(26-23-15)25-10-8-24(9-11-25)7-1-6-17(19,20)21/h2*2-5H,1,6-12H2. The van der Waals surface area contributed by atoms with Gasteiger partial charge in [-0.1, -0.05) is 57.8 Å². The van der Waals surface area contributed by atoms with Crippen molar-refractivity contribution in [3.63, 3.8) is 0 Å². The Kier molecular flexibility index (Phi) is 14.0. The molecule has 0 amide bonds. The molecule has 2 aromatic carbocycles. The molecule has 6 rings (SSSR count). The van der Waals surface area contributed by atoms with E-state index < -0.39 is 25.2 Å². The van der Waals surface area contributed by atoms with E-state index in [1.165, 1.54) is 0 Å². The Morgan fingerprint density at radius 3 is 1.21 bits per heavy atom. The first-order valence-electron chi connectivity index (χ1n) is 17.0. The van der Waals surface area contributed by atoms with E-state index in [9.17, 15) is 26.3 Å². The minimum atomic E-state index is -4.08. The van der Waals surface area contributed by atoms with Crippen LogP contribution in [-0.2, 0) is 12.8 Å². The summed E-state index contributed by atoms with van der Waals surface area (Å²) in [6.07, 6.45) is -8.24. The van der Waals surface area contributed by atoms with Crippen molar-refractivity contribution in [1.82, 2.24) is 30.1 Å². The van der Waals surface area contributed by atoms with E-state index >= 15 is 0 Å². The maximum absolute atomic E-state index is 12.2. The van der Waals surface area contributed by atoms with Crippen LogP contribution in [0, 0.1) is 0 Å². The van der Waals surface area contributed by atoms with Crippen molar-refractivity contribution in [2.45, 2.75) is 50.9 Å². The number of nitrogens with zero attached hydrogens (tertiary/aromatic N) is 8. The highest BCUT2D eigenvalue weighted by Gasteiger charge is 2.29. The molecule has 2 saturated heterocycles. The lowest BCUT2D eigenvalue weighted by Crippen LogP contribution is -2.46. The fourth-order valence-electron chi connectivity index (χ4n) is 5.79. The molecule has 4 heterocycles. The number of halogens is 8. The summed E-state index contributed by atoms with van der Waals surface area (Å²) in [5.74, 6) is 1.19. The van der Waals surface area contributed by atoms with E-state index in [4.69, 9.17) is 32.2 Å². The van der Waals surface area contributed by atoms with Crippen molar-refractivity contribution < 1.29 is 35.4 Å². The number of hydrogen-bond donors (Lipinski definition) is 0. The Labute approximate surface area is 307 Å². The normalized spacial score (nSPS) is 16.2. The molecule has 0 radical (unpaired) electrons. The van der Waals surface area contributed by atoms with Crippen LogP contribution in [0.2, 0.25) is 10.0 Å². The second-order valence-corrected chi connectivity index (χ2v) is 13.6. The first kappa shape index (κ1) is 39.6. The molecule has 284 valence electrons. The Bertz CT molecular complexity index is 1520. The van der Waals surface area contributed by atoms with Crippen LogP contribution in [-0.4, -0.2) is 108 Å². The third kappa shape index (κ3) is 13.4. The fraction of sp³-hybridized carbons (Fsp3) is 0.529. The largest absolute Gasteiger partial charge is 0.389 e. The van der Waals surface area contributed by atoms with Gasteiger partial charge < -0.3 is 18.8 Å². The van der Waals surface area contributed by atoms with Crippen molar-refractivity contribution in [2.75, 3.05) is 75.2 Å². The molecule has 0 aliphatic carbocycles. The first-order chi connectivity index (χ1) is 24.8. The summed E-state index contributed by atoms with van der Waals surface area (Å²) in [6, 6.07) is 15.8. The van der Waals surface area contributed by atoms with E-state index in [-0.39, 0.29) is 12.8 Å². The minimum absolute atomic E-state index is 0.134. The lowest BCUT2D eigenvalue weighted by Gasteiger charge is -2.33. The SMILES string of the molecule is FC(F)(F)CCCN1CCN(c2nc(Cc3ccc(Cl)cc3)no2)CC1.FC(F)(F)CCCN1CCN(c2nc(Cc3ccc(Cl)cc3)no2)CC1. The highest BCUT2D eigenvalue weighted by atomic mass is 35.5. The molecule has 2 aliphatic heterocycles. The third-order valence-corrected chi connectivity index (χ3v) is 9.12. The van der Waals surface area contributed by atoms with Gasteiger partial charge in [0.25, 0.3) is 0 Å². The number of alkyl halides is 6. The van der Waals surface area contributed by atoms with Gasteiger partial charge in [0.2, 0.25) is 0 Å². The Morgan fingerprint density at radius 1 is 0.538 bits per heavy atom. The van der Waals surface area contributed by atoms with E-state index in [2.05, 4.69) is 20.3 Å². The monoisotopic (exact) mass is 776 g/mol. The second kappa shape index (κ2) is 18.4. The van der Waals surface area contributed by atoms with Crippen molar-refractivity contribution in [2.24, 2.45) is 0 Å². The first-order valence-corrected chi connectivity index (χ1v) is 17.8. The Morgan fingerprint density at radius 2 is 0.885 bits per heavy atom. The highest BCUT2D eigenvalue weighted by molar-refractivity contribution is 6.30. The summed E-state index contributed by atoms with van der Waals surface area (Å²) in [5, 5.41) is 9.36. The number of benzene rings is 2. The number of hydrogen-bond acceptors (Lipinski definition) is 10. The molecule has 2 aliphatic rings. The maximum Gasteiger partial charge on any atom is 0.389 e. The average Bonchev–Trinajstić information content (AvgIpc) is 3.77. The molecular formula is C34H40Cl2F6N8O2. The smallest absolute Gasteiger partial charge is 0.322 e. The van der Waals surface area contributed by atoms with Crippen LogP contribution in [0.3, 0.4) is 0 Å². The van der Waals surface area contributed by atoms with Crippen molar-refractivity contribution in [3.8, 4) is 0 Å². The van der Waals surface area contributed by atoms with Crippen LogP contribution in [0.5, 0.6) is 0 Å². The minimum Gasteiger partial charge on any atom is -0.322 e. The molecule has 0 unspecified atom stereocenters. The second-order valence-electron chi connectivity index (χ2n) is 12.7. The molecule has 52 heavy (non-hydrogen) atoms. The molecule has 0 N–H and O–H groups in total. The van der Waals surface area contributed by atoms with E-state index in [1.807, 2.05) is 68.1 Å². The van der Waals surface area contributed by atoms with Gasteiger partial charge in [-0.15, -0.1) is 0 Å². The van der Waals surface area contributed by atoms with Crippen LogP contribution in [0.4, 0.5) is 38.4 Å². The molecule has 0 bridgehead atoms. The number of rotatable bonds is 12. The predicted molar refractivity (Wildman–Crippen MR) is 185 cm³/mol. The predicted octanol–water partition coefficient (Wildman–Crippen LogP) is 7.56. The van der Waals surface area contributed by atoms with Gasteiger partial charge in [-0.25, -0.2) is 0 Å². The van der Waals surface area contributed by atoms with Gasteiger partial charge >= 0.3 is 24.4 Å². The average molecular weight is 778 g/mol. The zero-order valence-corrected chi connectivity index (χ0v) is 29.9. The molecular weight excluding hydrogens is 737 g/mol. The van der Waals surface area contributed by atoms with Gasteiger partial charge in [0.15, 0.2) is 11.6 Å². The van der Waals surface area contributed by atoms with Crippen molar-refractivity contribution in [1.29, 1.82) is 0 Å². The molecule has 18 heteroatoms. The summed E-state index contributed by atoms with van der Waals surface area (Å²) in [6.45, 7) is 6.31. The highest BCUT2D eigenvalue weighted by Crippen LogP contribution is 2.24. The lowest BCUT2D eigenvalue weighted by molar-refractivity contribution is -0.137. The van der Waals surface area contributed by atoms with E-state index in [0.29, 0.717) is 112 Å². The van der Waals surface area contributed by atoms with Gasteiger partial charge in [-0.3, -0.25) is 9.80 Å². The molecule has 10 nitrogen and oxygen atoms in total. The van der Waals surface area contributed by atoms with Gasteiger partial charge in [0.05, 0.1) is 0 Å². The lowest BCUT2D eigenvalue weighted by atomic mass is 10.1. The summed E-state index contributed by atoms with van der Waals surface area (Å²) >= 11 is 11.7. The van der Waals surface area contributed by atoms with E-state index in [0.717, 1.165) is 11.1 Å². The van der Waals surface area contributed by atoms with Gasteiger partial charge in [-0.2, -0.15) is 36.3 Å². The van der Waals surface area contributed by atoms with Crippen LogP contribution in [0.15, 0.2) is 57.6 Å². The van der Waals surface area contributed by atoms with Crippen LogP contribution in [0.25, 0.3) is 0 Å². The molecule has 2 aromatic heterocycles. The zero-order valence-electron chi connectivity index (χ0n) is 28.4. The molecule has 0 saturated carbocycles. The Hall–Kier alpha value is -3.60. The molecule has 0 spiro atoms. The topological polar surface area (TPSA) is 90.8 Å². The van der Waals surface area contributed by atoms with E-state index in [1.54, 1.807) is 0 Å². The quantitative estimate of drug-likeness (QED) is 0.134. The summed E-state index contributed by atoms with van der Waals surface area (Å²) in [5.41, 5.74) is 2.08. The van der Waals surface area contributed by atoms with Crippen LogP contribution < -0.4 is 9.80 Å². The van der Waals surface area contributed by atoms with Gasteiger partial charge in [-0.05, 0) is 61.3 Å². The summed E-state index contributed by atoms with van der Waals surface area (Å²) in [4.78, 5) is 16.8. The maximum atomic E-state index is 12.2. The molecule has 4 aromatic rings. The summed E-state index contributed by atoms with van der Waals surface area (Å²) in [7, 11) is 0. The van der Waals surface area contributed by atoms with Crippen LogP contribution in [0.1, 0.15) is 48.5 Å². The van der Waals surface area contributed by atoms with Gasteiger partial charge in [0.1, 0.15) is 0 Å². The summed E-state index contributed by atoms with van der Waals surface area (Å²) < 4.78 is 83.9. The number of piperazine rings is 2. The number of anilines is 2. The number of aromatic nitrogens is 4. The molecule has 2 fully saturated rings. The van der Waals surface area contributed by atoms with Gasteiger partial charge in [0, 0.05) is 88.1 Å². The fourth-order valence-corrected chi connectivity index (χ4v) is 6.04.